The summed E-state index contributed by atoms with van der Waals surface area (Å²) in [5.74, 6) is 0.157. The molecular weight excluding hydrogens is 358 g/mol. The van der Waals surface area contributed by atoms with Gasteiger partial charge in [-0.3, -0.25) is 14.2 Å². The van der Waals surface area contributed by atoms with E-state index in [0.29, 0.717) is 22.1 Å². The highest BCUT2D eigenvalue weighted by Gasteiger charge is 2.30. The number of benzene rings is 1. The zero-order valence-corrected chi connectivity index (χ0v) is 17.5. The van der Waals surface area contributed by atoms with E-state index < -0.39 is 0 Å². The molecule has 0 saturated carbocycles. The van der Waals surface area contributed by atoms with Gasteiger partial charge in [0.05, 0.1) is 16.2 Å². The summed E-state index contributed by atoms with van der Waals surface area (Å²) in [5.41, 5.74) is 0.646. The molecule has 5 nitrogen and oxygen atoms in total. The third-order valence-electron chi connectivity index (χ3n) is 5.30. The maximum absolute atomic E-state index is 13.1. The van der Waals surface area contributed by atoms with Crippen LogP contribution in [0.2, 0.25) is 0 Å². The molecule has 146 valence electrons. The number of hydrogen-bond acceptors (Lipinski definition) is 4. The molecule has 2 heterocycles. The van der Waals surface area contributed by atoms with Crippen molar-refractivity contribution in [3.05, 3.63) is 34.6 Å². The molecule has 0 radical (unpaired) electrons. The van der Waals surface area contributed by atoms with Crippen molar-refractivity contribution in [3.8, 4) is 0 Å². The Morgan fingerprint density at radius 3 is 2.70 bits per heavy atom. The van der Waals surface area contributed by atoms with Crippen molar-refractivity contribution >= 4 is 28.6 Å². The Hall–Kier alpha value is -1.82. The van der Waals surface area contributed by atoms with Crippen LogP contribution in [0.4, 0.5) is 0 Å². The van der Waals surface area contributed by atoms with Gasteiger partial charge in [-0.25, -0.2) is 4.98 Å². The third kappa shape index (κ3) is 4.05. The van der Waals surface area contributed by atoms with Gasteiger partial charge in [0.1, 0.15) is 0 Å². The first-order valence-electron chi connectivity index (χ1n) is 9.92. The van der Waals surface area contributed by atoms with Gasteiger partial charge in [-0.15, -0.1) is 0 Å². The van der Waals surface area contributed by atoms with Crippen LogP contribution in [-0.2, 0) is 4.79 Å². The average Bonchev–Trinajstić information content (AvgIpc) is 2.67. The van der Waals surface area contributed by atoms with E-state index >= 15 is 0 Å². The molecular formula is C21H29N3O2S. The van der Waals surface area contributed by atoms with Crippen molar-refractivity contribution < 1.29 is 4.79 Å². The van der Waals surface area contributed by atoms with Crippen molar-refractivity contribution in [1.29, 1.82) is 0 Å². The minimum atomic E-state index is -0.268. The maximum atomic E-state index is 13.1. The third-order valence-corrected chi connectivity index (χ3v) is 6.36. The molecule has 2 aromatic rings. The molecule has 1 aliphatic rings. The van der Waals surface area contributed by atoms with E-state index in [0.717, 1.165) is 25.8 Å². The van der Waals surface area contributed by atoms with Crippen LogP contribution in [-0.4, -0.2) is 38.2 Å². The zero-order valence-electron chi connectivity index (χ0n) is 16.6. The number of hydrogen-bond donors (Lipinski definition) is 0. The quantitative estimate of drug-likeness (QED) is 0.568. The van der Waals surface area contributed by atoms with Gasteiger partial charge < -0.3 is 4.90 Å². The van der Waals surface area contributed by atoms with Gasteiger partial charge in [-0.2, -0.15) is 0 Å². The molecule has 0 aliphatic carbocycles. The average molecular weight is 388 g/mol. The number of para-hydroxylation sites is 1. The molecule has 1 saturated heterocycles. The van der Waals surface area contributed by atoms with Gasteiger partial charge >= 0.3 is 0 Å². The van der Waals surface area contributed by atoms with Gasteiger partial charge in [0.2, 0.25) is 5.91 Å². The van der Waals surface area contributed by atoms with E-state index in [1.54, 1.807) is 4.57 Å². The number of aromatic nitrogens is 2. The Morgan fingerprint density at radius 1 is 1.26 bits per heavy atom. The molecule has 1 amide bonds. The van der Waals surface area contributed by atoms with E-state index in [1.807, 2.05) is 49.9 Å². The summed E-state index contributed by atoms with van der Waals surface area (Å²) in [6, 6.07) is 7.74. The van der Waals surface area contributed by atoms with Crippen molar-refractivity contribution in [2.45, 2.75) is 75.9 Å². The molecule has 1 fully saturated rings. The van der Waals surface area contributed by atoms with Gasteiger partial charge in [0.25, 0.3) is 5.56 Å². The van der Waals surface area contributed by atoms with Gasteiger partial charge in [-0.1, -0.05) is 30.8 Å². The number of thioether (sulfide) groups is 1. The predicted molar refractivity (Wildman–Crippen MR) is 111 cm³/mol. The van der Waals surface area contributed by atoms with E-state index in [2.05, 4.69) is 6.92 Å². The van der Waals surface area contributed by atoms with E-state index in [1.165, 1.54) is 18.2 Å². The van der Waals surface area contributed by atoms with Crippen LogP contribution in [0.3, 0.4) is 0 Å². The molecule has 0 spiro atoms. The maximum Gasteiger partial charge on any atom is 0.262 e. The molecule has 6 heteroatoms. The molecule has 2 atom stereocenters. The summed E-state index contributed by atoms with van der Waals surface area (Å²) in [4.78, 5) is 32.8. The topological polar surface area (TPSA) is 55.2 Å². The van der Waals surface area contributed by atoms with E-state index in [-0.39, 0.29) is 22.8 Å². The summed E-state index contributed by atoms with van der Waals surface area (Å²) < 4.78 is 1.71. The highest BCUT2D eigenvalue weighted by molar-refractivity contribution is 8.00. The Kier molecular flexibility index (Phi) is 6.25. The second-order valence-corrected chi connectivity index (χ2v) is 8.84. The number of fused-ring (bicyclic) bond motifs is 1. The molecule has 1 aromatic carbocycles. The molecule has 3 rings (SSSR count). The second-order valence-electron chi connectivity index (χ2n) is 7.53. The van der Waals surface area contributed by atoms with Crippen LogP contribution in [0.25, 0.3) is 10.9 Å². The van der Waals surface area contributed by atoms with Crippen LogP contribution < -0.4 is 5.56 Å². The number of piperidine rings is 1. The molecule has 0 N–H and O–H groups in total. The normalized spacial score (nSPS) is 18.9. The molecule has 1 aromatic heterocycles. The Labute approximate surface area is 165 Å². The van der Waals surface area contributed by atoms with Crippen LogP contribution in [0.1, 0.15) is 59.4 Å². The van der Waals surface area contributed by atoms with Crippen molar-refractivity contribution in [2.75, 3.05) is 6.54 Å². The smallest absolute Gasteiger partial charge is 0.262 e. The molecule has 1 aliphatic heterocycles. The first-order valence-corrected chi connectivity index (χ1v) is 10.8. The van der Waals surface area contributed by atoms with Gasteiger partial charge in [0, 0.05) is 18.6 Å². The van der Waals surface area contributed by atoms with Crippen molar-refractivity contribution in [3.63, 3.8) is 0 Å². The number of likely N-dealkylation sites (tertiary alicyclic amines) is 1. The Balaban J connectivity index is 1.92. The lowest BCUT2D eigenvalue weighted by Gasteiger charge is -2.36. The summed E-state index contributed by atoms with van der Waals surface area (Å²) in [5, 5.41) is 0.978. The Bertz CT molecular complexity index is 877. The number of amides is 1. The lowest BCUT2D eigenvalue weighted by molar-refractivity contribution is -0.134. The standard InChI is InChI=1S/C21H29N3O2S/c1-5-16-10-8-9-13-23(16)19(25)15(4)27-21-22-18-12-7-6-11-17(18)20(26)24(21)14(2)3/h6-7,11-12,14-16H,5,8-10,13H2,1-4H3. The largest absolute Gasteiger partial charge is 0.339 e. The fourth-order valence-corrected chi connectivity index (χ4v) is 4.93. The minimum absolute atomic E-state index is 0.0159. The van der Waals surface area contributed by atoms with Crippen molar-refractivity contribution in [1.82, 2.24) is 14.5 Å². The number of carbonyl (C=O) groups excluding carboxylic acids is 1. The zero-order chi connectivity index (χ0) is 19.6. The molecule has 0 bridgehead atoms. The van der Waals surface area contributed by atoms with Crippen LogP contribution >= 0.6 is 11.8 Å². The second kappa shape index (κ2) is 8.46. The highest BCUT2D eigenvalue weighted by atomic mass is 32.2. The number of carbonyl (C=O) groups is 1. The van der Waals surface area contributed by atoms with Crippen LogP contribution in [0.5, 0.6) is 0 Å². The monoisotopic (exact) mass is 387 g/mol. The number of rotatable bonds is 5. The van der Waals surface area contributed by atoms with Crippen LogP contribution in [0, 0.1) is 0 Å². The summed E-state index contributed by atoms with van der Waals surface area (Å²) in [7, 11) is 0. The lowest BCUT2D eigenvalue weighted by atomic mass is 10.00. The van der Waals surface area contributed by atoms with E-state index in [4.69, 9.17) is 4.98 Å². The van der Waals surface area contributed by atoms with E-state index in [9.17, 15) is 9.59 Å². The highest BCUT2D eigenvalue weighted by Crippen LogP contribution is 2.28. The first-order chi connectivity index (χ1) is 12.9. The summed E-state index contributed by atoms with van der Waals surface area (Å²) >= 11 is 1.40. The van der Waals surface area contributed by atoms with Gasteiger partial charge in [-0.05, 0) is 58.6 Å². The SMILES string of the molecule is CCC1CCCCN1C(=O)C(C)Sc1nc2ccccc2c(=O)n1C(C)C. The molecule has 2 unspecified atom stereocenters. The summed E-state index contributed by atoms with van der Waals surface area (Å²) in [6.45, 7) is 8.87. The predicted octanol–water partition coefficient (Wildman–Crippen LogP) is 4.25. The lowest BCUT2D eigenvalue weighted by Crippen LogP contribution is -2.46. The minimum Gasteiger partial charge on any atom is -0.339 e. The number of nitrogens with zero attached hydrogens (tertiary/aromatic N) is 3. The first kappa shape index (κ1) is 19.9. The molecule has 27 heavy (non-hydrogen) atoms. The van der Waals surface area contributed by atoms with Crippen molar-refractivity contribution in [2.24, 2.45) is 0 Å². The van der Waals surface area contributed by atoms with Gasteiger partial charge in [0.15, 0.2) is 5.16 Å². The van der Waals surface area contributed by atoms with Crippen LogP contribution in [0.15, 0.2) is 34.2 Å². The fraction of sp³-hybridized carbons (Fsp3) is 0.571. The Morgan fingerprint density at radius 2 is 2.00 bits per heavy atom. The summed E-state index contributed by atoms with van der Waals surface area (Å²) in [6.07, 6.45) is 4.35. The fourth-order valence-electron chi connectivity index (χ4n) is 3.82.